The van der Waals surface area contributed by atoms with Gasteiger partial charge in [0, 0.05) is 16.1 Å². The Morgan fingerprint density at radius 2 is 2.20 bits per heavy atom. The van der Waals surface area contributed by atoms with Crippen molar-refractivity contribution >= 4 is 50.2 Å². The molecule has 0 atom stereocenters. The smallest absolute Gasteiger partial charge is 0.256 e. The highest BCUT2D eigenvalue weighted by atomic mass is 79.9. The van der Waals surface area contributed by atoms with Crippen molar-refractivity contribution in [3.8, 4) is 0 Å². The average Bonchev–Trinajstić information content (AvgIpc) is 3.00. The Hall–Kier alpha value is -1.72. The lowest BCUT2D eigenvalue weighted by atomic mass is 10.0. The first-order valence-electron chi connectivity index (χ1n) is 5.97. The van der Waals surface area contributed by atoms with Gasteiger partial charge in [0.1, 0.15) is 0 Å². The highest BCUT2D eigenvalue weighted by molar-refractivity contribution is 9.10. The van der Waals surface area contributed by atoms with Gasteiger partial charge in [-0.3, -0.25) is 9.59 Å². The lowest BCUT2D eigenvalue weighted by Gasteiger charge is -2.03. The number of carbonyl (C=O) groups excluding carboxylic acids is 2. The molecular formula is C15H10BrNO2S. The minimum absolute atomic E-state index is 0.143. The summed E-state index contributed by atoms with van der Waals surface area (Å²) in [6.45, 7) is 1.95. The molecule has 0 aliphatic carbocycles. The topological polar surface area (TPSA) is 46.2 Å². The number of ketones is 1. The second-order valence-electron chi connectivity index (χ2n) is 4.52. The van der Waals surface area contributed by atoms with E-state index in [4.69, 9.17) is 0 Å². The number of hydrogen-bond acceptors (Lipinski definition) is 3. The van der Waals surface area contributed by atoms with Crippen LogP contribution in [0.1, 0.15) is 20.8 Å². The number of amides is 1. The first-order chi connectivity index (χ1) is 9.56. The van der Waals surface area contributed by atoms with E-state index < -0.39 is 0 Å². The molecule has 0 bridgehead atoms. The molecule has 1 aliphatic rings. The molecular weight excluding hydrogens is 338 g/mol. The molecule has 0 fully saturated rings. The quantitative estimate of drug-likeness (QED) is 0.658. The van der Waals surface area contributed by atoms with Gasteiger partial charge < -0.3 is 5.32 Å². The maximum atomic E-state index is 12.1. The number of nitrogens with one attached hydrogen (secondary N) is 1. The second-order valence-corrected chi connectivity index (χ2v) is 6.33. The van der Waals surface area contributed by atoms with Gasteiger partial charge in [-0.25, -0.2) is 0 Å². The lowest BCUT2D eigenvalue weighted by molar-refractivity contribution is -0.110. The fourth-order valence-corrected chi connectivity index (χ4v) is 3.46. The number of hydrogen-bond donors (Lipinski definition) is 1. The second kappa shape index (κ2) is 5.00. The van der Waals surface area contributed by atoms with Crippen LogP contribution in [-0.2, 0) is 4.79 Å². The number of halogens is 1. The summed E-state index contributed by atoms with van der Waals surface area (Å²) >= 11 is 4.80. The van der Waals surface area contributed by atoms with Crippen LogP contribution >= 0.6 is 27.3 Å². The zero-order chi connectivity index (χ0) is 14.3. The van der Waals surface area contributed by atoms with Crippen LogP contribution in [0.3, 0.4) is 0 Å². The molecule has 0 saturated heterocycles. The third-order valence-corrected chi connectivity index (χ3v) is 4.56. The van der Waals surface area contributed by atoms with Crippen LogP contribution in [-0.4, -0.2) is 11.7 Å². The van der Waals surface area contributed by atoms with Crippen molar-refractivity contribution in [3.63, 3.8) is 0 Å². The maximum absolute atomic E-state index is 12.1. The molecule has 0 unspecified atom stereocenters. The van der Waals surface area contributed by atoms with Gasteiger partial charge in [-0.05, 0) is 52.0 Å². The van der Waals surface area contributed by atoms with Crippen LogP contribution < -0.4 is 5.32 Å². The number of fused-ring (bicyclic) bond motifs is 1. The molecule has 5 heteroatoms. The molecule has 1 N–H and O–H groups in total. The molecule has 2 heterocycles. The largest absolute Gasteiger partial charge is 0.320 e. The van der Waals surface area contributed by atoms with Crippen LogP contribution in [0, 0.1) is 6.92 Å². The van der Waals surface area contributed by atoms with Crippen molar-refractivity contribution in [1.82, 2.24) is 0 Å². The molecule has 1 aliphatic heterocycles. The SMILES string of the molecule is Cc1cc(Br)c2c(c1)C(=CC(=O)c1cccs1)C(=O)N2. The van der Waals surface area contributed by atoms with Crippen molar-refractivity contribution < 1.29 is 9.59 Å². The Morgan fingerprint density at radius 1 is 1.40 bits per heavy atom. The molecule has 1 aromatic carbocycles. The number of carbonyl (C=O) groups is 2. The number of rotatable bonds is 2. The van der Waals surface area contributed by atoms with Crippen molar-refractivity contribution in [2.45, 2.75) is 6.92 Å². The van der Waals surface area contributed by atoms with E-state index in [1.165, 1.54) is 17.4 Å². The molecule has 1 amide bonds. The molecule has 3 rings (SSSR count). The molecule has 1 aromatic heterocycles. The summed E-state index contributed by atoms with van der Waals surface area (Å²) in [6, 6.07) is 7.42. The number of benzene rings is 1. The van der Waals surface area contributed by atoms with Gasteiger partial charge in [0.2, 0.25) is 0 Å². The van der Waals surface area contributed by atoms with E-state index in [0.29, 0.717) is 10.5 Å². The van der Waals surface area contributed by atoms with Crippen LogP contribution in [0.2, 0.25) is 0 Å². The summed E-state index contributed by atoms with van der Waals surface area (Å²) < 4.78 is 0.827. The zero-order valence-corrected chi connectivity index (χ0v) is 13.0. The predicted molar refractivity (Wildman–Crippen MR) is 84.1 cm³/mol. The van der Waals surface area contributed by atoms with E-state index in [1.54, 1.807) is 6.07 Å². The van der Waals surface area contributed by atoms with E-state index in [2.05, 4.69) is 21.2 Å². The molecule has 100 valence electrons. The van der Waals surface area contributed by atoms with E-state index >= 15 is 0 Å². The Bertz CT molecular complexity index is 747. The lowest BCUT2D eigenvalue weighted by Crippen LogP contribution is -2.05. The van der Waals surface area contributed by atoms with E-state index in [1.807, 2.05) is 30.5 Å². The zero-order valence-electron chi connectivity index (χ0n) is 10.6. The van der Waals surface area contributed by atoms with Crippen molar-refractivity contribution in [2.75, 3.05) is 5.32 Å². The van der Waals surface area contributed by atoms with Crippen molar-refractivity contribution in [1.29, 1.82) is 0 Å². The predicted octanol–water partition coefficient (Wildman–Crippen LogP) is 4.04. The first-order valence-corrected chi connectivity index (χ1v) is 7.65. The first kappa shape index (κ1) is 13.3. The molecule has 20 heavy (non-hydrogen) atoms. The monoisotopic (exact) mass is 347 g/mol. The molecule has 0 radical (unpaired) electrons. The maximum Gasteiger partial charge on any atom is 0.256 e. The van der Waals surface area contributed by atoms with Gasteiger partial charge >= 0.3 is 0 Å². The molecule has 0 spiro atoms. The number of allylic oxidation sites excluding steroid dienone is 1. The Kier molecular flexibility index (Phi) is 3.31. The fraction of sp³-hybridized carbons (Fsp3) is 0.0667. The van der Waals surface area contributed by atoms with Crippen molar-refractivity contribution in [3.05, 3.63) is 56.2 Å². The van der Waals surface area contributed by atoms with Gasteiger partial charge in [0.05, 0.1) is 16.1 Å². The van der Waals surface area contributed by atoms with Gasteiger partial charge in [-0.15, -0.1) is 11.3 Å². The van der Waals surface area contributed by atoms with Crippen molar-refractivity contribution in [2.24, 2.45) is 0 Å². The highest BCUT2D eigenvalue weighted by Gasteiger charge is 2.27. The van der Waals surface area contributed by atoms with Gasteiger partial charge in [0.25, 0.3) is 5.91 Å². The fourth-order valence-electron chi connectivity index (χ4n) is 2.15. The van der Waals surface area contributed by atoms with Gasteiger partial charge in [-0.1, -0.05) is 6.07 Å². The van der Waals surface area contributed by atoms with E-state index in [9.17, 15) is 9.59 Å². The minimum Gasteiger partial charge on any atom is -0.320 e. The third-order valence-electron chi connectivity index (χ3n) is 3.05. The molecule has 3 nitrogen and oxygen atoms in total. The average molecular weight is 348 g/mol. The standard InChI is InChI=1S/C15H10BrNO2S/c1-8-5-9-10(7-12(18)13-3-2-4-20-13)15(19)17-14(9)11(16)6-8/h2-7H,1H3,(H,17,19). The van der Waals surface area contributed by atoms with Gasteiger partial charge in [0.15, 0.2) is 5.78 Å². The Morgan fingerprint density at radius 3 is 2.90 bits per heavy atom. The van der Waals surface area contributed by atoms with E-state index in [0.717, 1.165) is 21.3 Å². The summed E-state index contributed by atoms with van der Waals surface area (Å²) in [4.78, 5) is 24.8. The highest BCUT2D eigenvalue weighted by Crippen LogP contribution is 2.38. The third kappa shape index (κ3) is 2.23. The van der Waals surface area contributed by atoms with Crippen LogP contribution in [0.15, 0.2) is 40.2 Å². The summed E-state index contributed by atoms with van der Waals surface area (Å²) in [6.07, 6.45) is 1.42. The Labute approximate surface area is 128 Å². The minimum atomic E-state index is -0.240. The number of thiophene rings is 1. The summed E-state index contributed by atoms with van der Waals surface area (Å²) in [7, 11) is 0. The molecule has 2 aromatic rings. The van der Waals surface area contributed by atoms with Crippen LogP contribution in [0.4, 0.5) is 5.69 Å². The summed E-state index contributed by atoms with van der Waals surface area (Å²) in [5, 5.41) is 4.63. The summed E-state index contributed by atoms with van der Waals surface area (Å²) in [5.41, 5.74) is 2.95. The number of aryl methyl sites for hydroxylation is 1. The normalized spacial score (nSPS) is 15.3. The van der Waals surface area contributed by atoms with Crippen LogP contribution in [0.5, 0.6) is 0 Å². The summed E-state index contributed by atoms with van der Waals surface area (Å²) in [5.74, 6) is -0.383. The Balaban J connectivity index is 2.09. The van der Waals surface area contributed by atoms with Crippen LogP contribution in [0.25, 0.3) is 5.57 Å². The van der Waals surface area contributed by atoms with E-state index in [-0.39, 0.29) is 11.7 Å². The van der Waals surface area contributed by atoms with Gasteiger partial charge in [-0.2, -0.15) is 0 Å². The molecule has 0 saturated carbocycles. The number of anilines is 1.